The molecule has 0 aromatic carbocycles. The Morgan fingerprint density at radius 1 is 1.32 bits per heavy atom. The van der Waals surface area contributed by atoms with Gasteiger partial charge in [0.2, 0.25) is 5.91 Å². The molecular weight excluding hydrogens is 280 g/mol. The van der Waals surface area contributed by atoms with Crippen LogP contribution < -0.4 is 5.73 Å². The summed E-state index contributed by atoms with van der Waals surface area (Å²) in [6, 6.07) is 1.95. The van der Waals surface area contributed by atoms with E-state index in [-0.39, 0.29) is 11.3 Å². The molecule has 1 amide bonds. The molecule has 0 bridgehead atoms. The van der Waals surface area contributed by atoms with Crippen molar-refractivity contribution in [2.24, 2.45) is 17.1 Å². The molecule has 6 nitrogen and oxygen atoms in total. The van der Waals surface area contributed by atoms with Gasteiger partial charge >= 0.3 is 0 Å². The zero-order chi connectivity index (χ0) is 15.4. The molecule has 1 aromatic rings. The van der Waals surface area contributed by atoms with Gasteiger partial charge in [-0.15, -0.1) is 0 Å². The van der Waals surface area contributed by atoms with Crippen LogP contribution in [0.2, 0.25) is 0 Å². The molecule has 2 aliphatic heterocycles. The Kier molecular flexibility index (Phi) is 4.78. The van der Waals surface area contributed by atoms with E-state index in [1.54, 1.807) is 0 Å². The summed E-state index contributed by atoms with van der Waals surface area (Å²) in [6.07, 6.45) is 7.42. The predicted molar refractivity (Wildman–Crippen MR) is 83.1 cm³/mol. The van der Waals surface area contributed by atoms with Crippen LogP contribution in [0, 0.1) is 11.3 Å². The van der Waals surface area contributed by atoms with E-state index in [4.69, 9.17) is 10.5 Å². The lowest BCUT2D eigenvalue weighted by Gasteiger charge is -2.41. The molecule has 3 rings (SSSR count). The maximum absolute atomic E-state index is 12.9. The normalized spacial score (nSPS) is 22.7. The van der Waals surface area contributed by atoms with Crippen LogP contribution in [0.25, 0.3) is 0 Å². The highest BCUT2D eigenvalue weighted by Gasteiger charge is 2.42. The quantitative estimate of drug-likeness (QED) is 0.896. The number of carbonyl (C=O) groups excluding carboxylic acids is 1. The highest BCUT2D eigenvalue weighted by atomic mass is 16.5. The Bertz CT molecular complexity index is 474. The predicted octanol–water partition coefficient (Wildman–Crippen LogP) is 0.877. The summed E-state index contributed by atoms with van der Waals surface area (Å²) in [5, 5.41) is 4.27. The number of hydrogen-bond donors (Lipinski definition) is 1. The minimum atomic E-state index is -0.382. The number of ether oxygens (including phenoxy) is 1. The smallest absolute Gasteiger partial charge is 0.230 e. The van der Waals surface area contributed by atoms with Crippen LogP contribution in [0.15, 0.2) is 18.5 Å². The van der Waals surface area contributed by atoms with E-state index in [0.29, 0.717) is 25.7 Å². The first-order chi connectivity index (χ1) is 10.7. The lowest BCUT2D eigenvalue weighted by molar-refractivity contribution is -0.148. The maximum atomic E-state index is 12.9. The van der Waals surface area contributed by atoms with Gasteiger partial charge in [0.15, 0.2) is 0 Å². The second kappa shape index (κ2) is 6.79. The van der Waals surface area contributed by atoms with Crippen LogP contribution in [0.5, 0.6) is 0 Å². The summed E-state index contributed by atoms with van der Waals surface area (Å²) >= 11 is 0. The molecule has 22 heavy (non-hydrogen) atoms. The minimum Gasteiger partial charge on any atom is -0.381 e. The summed E-state index contributed by atoms with van der Waals surface area (Å²) < 4.78 is 7.39. The third kappa shape index (κ3) is 3.17. The Balaban J connectivity index is 1.55. The molecule has 0 atom stereocenters. The molecule has 0 saturated carbocycles. The average molecular weight is 306 g/mol. The molecule has 0 unspecified atom stereocenters. The van der Waals surface area contributed by atoms with Gasteiger partial charge in [-0.2, -0.15) is 5.10 Å². The molecule has 0 aliphatic carbocycles. The summed E-state index contributed by atoms with van der Waals surface area (Å²) in [5.74, 6) is 0.850. The van der Waals surface area contributed by atoms with Crippen molar-refractivity contribution in [2.75, 3.05) is 32.8 Å². The molecule has 2 N–H and O–H groups in total. The van der Waals surface area contributed by atoms with E-state index in [1.165, 1.54) is 0 Å². The SMILES string of the molecule is NCC1(C(=O)N2CCC(Cn3cccn3)CC2)CCOCC1. The van der Waals surface area contributed by atoms with Gasteiger partial charge in [-0.05, 0) is 37.7 Å². The van der Waals surface area contributed by atoms with Gasteiger partial charge in [0, 0.05) is 51.8 Å². The van der Waals surface area contributed by atoms with Crippen LogP contribution in [0.3, 0.4) is 0 Å². The van der Waals surface area contributed by atoms with Crippen LogP contribution in [-0.2, 0) is 16.1 Å². The lowest BCUT2D eigenvalue weighted by atomic mass is 9.78. The van der Waals surface area contributed by atoms with Crippen LogP contribution in [-0.4, -0.2) is 53.4 Å². The fourth-order valence-electron chi connectivity index (χ4n) is 3.59. The van der Waals surface area contributed by atoms with Gasteiger partial charge in [-0.3, -0.25) is 9.48 Å². The molecule has 3 heterocycles. The standard InChI is InChI=1S/C16H26N4O2/c17-13-16(4-10-22-11-5-16)15(21)19-8-2-14(3-9-19)12-20-7-1-6-18-20/h1,6-7,14H,2-5,8-13,17H2. The monoisotopic (exact) mass is 306 g/mol. The summed E-state index contributed by atoms with van der Waals surface area (Å²) in [5.41, 5.74) is 5.57. The molecule has 2 saturated heterocycles. The number of amides is 1. The Labute approximate surface area is 131 Å². The zero-order valence-electron chi connectivity index (χ0n) is 13.1. The topological polar surface area (TPSA) is 73.4 Å². The highest BCUT2D eigenvalue weighted by Crippen LogP contribution is 2.33. The van der Waals surface area contributed by atoms with Crippen molar-refractivity contribution in [3.63, 3.8) is 0 Å². The molecule has 2 fully saturated rings. The number of carbonyl (C=O) groups is 1. The number of hydrogen-bond acceptors (Lipinski definition) is 4. The first-order valence-electron chi connectivity index (χ1n) is 8.28. The van der Waals surface area contributed by atoms with Crippen molar-refractivity contribution in [2.45, 2.75) is 32.2 Å². The summed E-state index contributed by atoms with van der Waals surface area (Å²) in [4.78, 5) is 14.9. The van der Waals surface area contributed by atoms with Crippen LogP contribution in [0.1, 0.15) is 25.7 Å². The zero-order valence-corrected chi connectivity index (χ0v) is 13.1. The van der Waals surface area contributed by atoms with Crippen molar-refractivity contribution in [3.05, 3.63) is 18.5 Å². The second-order valence-electron chi connectivity index (χ2n) is 6.56. The Morgan fingerprint density at radius 3 is 2.64 bits per heavy atom. The van der Waals surface area contributed by atoms with Gasteiger partial charge in [0.25, 0.3) is 0 Å². The van der Waals surface area contributed by atoms with Gasteiger partial charge in [-0.1, -0.05) is 0 Å². The van der Waals surface area contributed by atoms with E-state index in [9.17, 15) is 4.79 Å². The average Bonchev–Trinajstić information content (AvgIpc) is 3.08. The molecule has 2 aliphatic rings. The van der Waals surface area contributed by atoms with E-state index in [1.807, 2.05) is 28.0 Å². The van der Waals surface area contributed by atoms with Gasteiger partial charge in [0.05, 0.1) is 5.41 Å². The summed E-state index contributed by atoms with van der Waals surface area (Å²) in [6.45, 7) is 4.37. The van der Waals surface area contributed by atoms with Crippen molar-refractivity contribution < 1.29 is 9.53 Å². The molecule has 6 heteroatoms. The first kappa shape index (κ1) is 15.5. The third-order valence-electron chi connectivity index (χ3n) is 5.20. The van der Waals surface area contributed by atoms with E-state index < -0.39 is 0 Å². The van der Waals surface area contributed by atoms with Crippen LogP contribution >= 0.6 is 0 Å². The lowest BCUT2D eigenvalue weighted by Crippen LogP contribution is -2.52. The highest BCUT2D eigenvalue weighted by molar-refractivity contribution is 5.83. The van der Waals surface area contributed by atoms with Gasteiger partial charge in [-0.25, -0.2) is 0 Å². The number of rotatable bonds is 4. The molecule has 0 radical (unpaired) electrons. The molecule has 1 aromatic heterocycles. The maximum Gasteiger partial charge on any atom is 0.230 e. The fourth-order valence-corrected chi connectivity index (χ4v) is 3.59. The van der Waals surface area contributed by atoms with Crippen molar-refractivity contribution in [1.82, 2.24) is 14.7 Å². The van der Waals surface area contributed by atoms with Gasteiger partial charge in [0.1, 0.15) is 0 Å². The van der Waals surface area contributed by atoms with Crippen LogP contribution in [0.4, 0.5) is 0 Å². The van der Waals surface area contributed by atoms with Crippen molar-refractivity contribution in [3.8, 4) is 0 Å². The number of likely N-dealkylation sites (tertiary alicyclic amines) is 1. The number of nitrogens with two attached hydrogens (primary N) is 1. The van der Waals surface area contributed by atoms with Crippen molar-refractivity contribution in [1.29, 1.82) is 0 Å². The second-order valence-corrected chi connectivity index (χ2v) is 6.56. The number of piperidine rings is 1. The van der Waals surface area contributed by atoms with Crippen molar-refractivity contribution >= 4 is 5.91 Å². The minimum absolute atomic E-state index is 0.246. The Morgan fingerprint density at radius 2 is 2.05 bits per heavy atom. The first-order valence-corrected chi connectivity index (χ1v) is 8.28. The number of aromatic nitrogens is 2. The fraction of sp³-hybridized carbons (Fsp3) is 0.750. The molecule has 122 valence electrons. The summed E-state index contributed by atoms with van der Waals surface area (Å²) in [7, 11) is 0. The number of nitrogens with zero attached hydrogens (tertiary/aromatic N) is 3. The van der Waals surface area contributed by atoms with Gasteiger partial charge < -0.3 is 15.4 Å². The van der Waals surface area contributed by atoms with E-state index in [2.05, 4.69) is 5.10 Å². The largest absolute Gasteiger partial charge is 0.381 e. The van der Waals surface area contributed by atoms with E-state index in [0.717, 1.165) is 45.3 Å². The van der Waals surface area contributed by atoms with E-state index >= 15 is 0 Å². The third-order valence-corrected chi connectivity index (χ3v) is 5.20. The molecule has 0 spiro atoms. The molecular formula is C16H26N4O2. The Hall–Kier alpha value is -1.40.